The molecule has 0 saturated heterocycles. The molecule has 0 amide bonds. The Labute approximate surface area is 142 Å². The van der Waals surface area contributed by atoms with Gasteiger partial charge >= 0.3 is 0 Å². The Morgan fingerprint density at radius 2 is 1.17 bits per heavy atom. The van der Waals surface area contributed by atoms with E-state index in [1.165, 1.54) is 0 Å². The van der Waals surface area contributed by atoms with Gasteiger partial charge in [-0.15, -0.1) is 10.5 Å². The molecule has 0 heterocycles. The molecule has 0 saturated carbocycles. The van der Waals surface area contributed by atoms with Gasteiger partial charge in [-0.3, -0.25) is 0 Å². The second kappa shape index (κ2) is 7.53. The Morgan fingerprint density at radius 3 is 1.46 bits per heavy atom. The van der Waals surface area contributed by atoms with Gasteiger partial charge in [0.05, 0.1) is 0 Å². The summed E-state index contributed by atoms with van der Waals surface area (Å²) in [6, 6.07) is 15.2. The summed E-state index contributed by atoms with van der Waals surface area (Å²) in [6.45, 7) is 6.63. The molecule has 0 bridgehead atoms. The van der Waals surface area contributed by atoms with E-state index in [1.807, 2.05) is 24.3 Å². The highest BCUT2D eigenvalue weighted by Crippen LogP contribution is 2.37. The van der Waals surface area contributed by atoms with E-state index >= 15 is 0 Å². The molecule has 2 aromatic rings. The lowest BCUT2D eigenvalue weighted by atomic mass is 9.78. The normalized spacial score (nSPS) is 10.8. The predicted octanol–water partition coefficient (Wildman–Crippen LogP) is 4.97. The van der Waals surface area contributed by atoms with E-state index in [0.717, 1.165) is 17.5 Å². The van der Waals surface area contributed by atoms with Crippen molar-refractivity contribution in [1.29, 1.82) is 10.5 Å². The molecule has 0 aliphatic rings. The largest absolute Gasteiger partial charge is 0.388 e. The van der Waals surface area contributed by atoms with Crippen LogP contribution in [0, 0.1) is 28.4 Å². The Morgan fingerprint density at radius 1 is 0.792 bits per heavy atom. The van der Waals surface area contributed by atoms with Gasteiger partial charge in [0.2, 0.25) is 0 Å². The van der Waals surface area contributed by atoms with Crippen LogP contribution in [-0.4, -0.2) is 0 Å². The van der Waals surface area contributed by atoms with Crippen LogP contribution in [0.25, 0.3) is 0 Å². The second-order valence-corrected chi connectivity index (χ2v) is 6.84. The van der Waals surface area contributed by atoms with Gasteiger partial charge < -0.3 is 9.47 Å². The molecule has 0 aromatic heterocycles. The standard InChI is InChI=1S/C20H20N2O2/c1-20(2,3)12-19(15-4-8-17(9-5-15)23-13-21)16-6-10-18(11-7-16)24-14-22/h4-11,19H,12H2,1-3H3. The summed E-state index contributed by atoms with van der Waals surface area (Å²) in [5.41, 5.74) is 2.46. The molecule has 0 spiro atoms. The quantitative estimate of drug-likeness (QED) is 0.729. The first-order valence-corrected chi connectivity index (χ1v) is 7.75. The molecule has 2 aromatic carbocycles. The smallest absolute Gasteiger partial charge is 0.292 e. The van der Waals surface area contributed by atoms with Crippen LogP contribution in [0.15, 0.2) is 48.5 Å². The number of rotatable bonds is 5. The molecule has 0 aliphatic carbocycles. The van der Waals surface area contributed by atoms with Crippen molar-refractivity contribution in [3.05, 3.63) is 59.7 Å². The zero-order valence-electron chi connectivity index (χ0n) is 14.1. The first-order chi connectivity index (χ1) is 11.4. The van der Waals surface area contributed by atoms with Gasteiger partial charge in [-0.25, -0.2) is 0 Å². The van der Waals surface area contributed by atoms with Crippen LogP contribution in [0.4, 0.5) is 0 Å². The molecule has 0 N–H and O–H groups in total. The Balaban J connectivity index is 2.34. The van der Waals surface area contributed by atoms with E-state index in [2.05, 4.69) is 20.8 Å². The van der Waals surface area contributed by atoms with Crippen molar-refractivity contribution in [1.82, 2.24) is 0 Å². The number of ether oxygens (including phenoxy) is 2. The van der Waals surface area contributed by atoms with Crippen LogP contribution in [0.2, 0.25) is 0 Å². The number of hydrogen-bond acceptors (Lipinski definition) is 4. The van der Waals surface area contributed by atoms with Gasteiger partial charge in [0, 0.05) is 5.92 Å². The Kier molecular flexibility index (Phi) is 5.45. The number of nitrogens with zero attached hydrogens (tertiary/aromatic N) is 2. The van der Waals surface area contributed by atoms with Crippen molar-refractivity contribution in [2.75, 3.05) is 0 Å². The molecule has 0 radical (unpaired) electrons. The Bertz CT molecular complexity index is 685. The first-order valence-electron chi connectivity index (χ1n) is 7.75. The van der Waals surface area contributed by atoms with Crippen molar-refractivity contribution in [2.45, 2.75) is 33.1 Å². The van der Waals surface area contributed by atoms with Crippen molar-refractivity contribution < 1.29 is 9.47 Å². The Hall–Kier alpha value is -2.98. The van der Waals surface area contributed by atoms with Crippen molar-refractivity contribution in [3.8, 4) is 24.0 Å². The first kappa shape index (κ1) is 17.4. The topological polar surface area (TPSA) is 66.0 Å². The van der Waals surface area contributed by atoms with E-state index in [9.17, 15) is 0 Å². The maximum Gasteiger partial charge on any atom is 0.292 e. The lowest BCUT2D eigenvalue weighted by molar-refractivity contribution is 0.357. The molecule has 0 atom stereocenters. The highest BCUT2D eigenvalue weighted by Gasteiger charge is 2.22. The summed E-state index contributed by atoms with van der Waals surface area (Å²) in [4.78, 5) is 0. The molecule has 24 heavy (non-hydrogen) atoms. The molecular weight excluding hydrogens is 300 g/mol. The third-order valence-corrected chi connectivity index (χ3v) is 3.71. The molecule has 2 rings (SSSR count). The summed E-state index contributed by atoms with van der Waals surface area (Å²) < 4.78 is 9.70. The SMILES string of the molecule is CC(C)(C)CC(c1ccc(OC#N)cc1)c1ccc(OC#N)cc1. The summed E-state index contributed by atoms with van der Waals surface area (Å²) in [7, 11) is 0. The maximum absolute atomic E-state index is 8.59. The molecule has 122 valence electrons. The molecular formula is C20H20N2O2. The van der Waals surface area contributed by atoms with Gasteiger partial charge in [0.15, 0.2) is 0 Å². The molecule has 0 fully saturated rings. The average molecular weight is 320 g/mol. The zero-order valence-corrected chi connectivity index (χ0v) is 14.1. The minimum atomic E-state index is 0.147. The average Bonchev–Trinajstić information content (AvgIpc) is 2.54. The minimum absolute atomic E-state index is 0.147. The number of hydrogen-bond donors (Lipinski definition) is 0. The highest BCUT2D eigenvalue weighted by atomic mass is 16.5. The van der Waals surface area contributed by atoms with E-state index < -0.39 is 0 Å². The summed E-state index contributed by atoms with van der Waals surface area (Å²) in [5.74, 6) is 1.28. The second-order valence-electron chi connectivity index (χ2n) is 6.84. The molecule has 4 heteroatoms. The van der Waals surface area contributed by atoms with Gasteiger partial charge in [-0.05, 0) is 47.2 Å². The summed E-state index contributed by atoms with van der Waals surface area (Å²) >= 11 is 0. The minimum Gasteiger partial charge on any atom is -0.388 e. The fraction of sp³-hybridized carbons (Fsp3) is 0.300. The van der Waals surface area contributed by atoms with Crippen LogP contribution in [0.1, 0.15) is 44.2 Å². The van der Waals surface area contributed by atoms with Gasteiger partial charge in [0.1, 0.15) is 11.5 Å². The number of nitriles is 2. The zero-order chi connectivity index (χ0) is 17.6. The summed E-state index contributed by atoms with van der Waals surface area (Å²) in [6.07, 6.45) is 4.32. The van der Waals surface area contributed by atoms with Crippen molar-refractivity contribution in [3.63, 3.8) is 0 Å². The van der Waals surface area contributed by atoms with Gasteiger partial charge in [0.25, 0.3) is 12.5 Å². The summed E-state index contributed by atoms with van der Waals surface area (Å²) in [5, 5.41) is 17.2. The van der Waals surface area contributed by atoms with E-state index in [1.54, 1.807) is 36.8 Å². The monoisotopic (exact) mass is 320 g/mol. The van der Waals surface area contributed by atoms with E-state index in [4.69, 9.17) is 20.0 Å². The van der Waals surface area contributed by atoms with Crippen LogP contribution in [0.3, 0.4) is 0 Å². The maximum atomic E-state index is 8.59. The molecule has 0 unspecified atom stereocenters. The fourth-order valence-electron chi connectivity index (χ4n) is 2.68. The van der Waals surface area contributed by atoms with Crippen LogP contribution >= 0.6 is 0 Å². The van der Waals surface area contributed by atoms with Crippen molar-refractivity contribution in [2.24, 2.45) is 5.41 Å². The van der Waals surface area contributed by atoms with Crippen LogP contribution in [0.5, 0.6) is 11.5 Å². The lowest BCUT2D eigenvalue weighted by Gasteiger charge is -2.27. The van der Waals surface area contributed by atoms with E-state index in [0.29, 0.717) is 11.5 Å². The lowest BCUT2D eigenvalue weighted by Crippen LogP contribution is -2.13. The van der Waals surface area contributed by atoms with Crippen LogP contribution in [-0.2, 0) is 0 Å². The van der Waals surface area contributed by atoms with Gasteiger partial charge in [-0.2, -0.15) is 0 Å². The number of benzene rings is 2. The fourth-order valence-corrected chi connectivity index (χ4v) is 2.68. The highest BCUT2D eigenvalue weighted by molar-refractivity contribution is 5.38. The predicted molar refractivity (Wildman–Crippen MR) is 91.3 cm³/mol. The van der Waals surface area contributed by atoms with Crippen LogP contribution < -0.4 is 9.47 Å². The third kappa shape index (κ3) is 4.76. The molecule has 0 aliphatic heterocycles. The van der Waals surface area contributed by atoms with Gasteiger partial charge in [-0.1, -0.05) is 45.0 Å². The molecule has 4 nitrogen and oxygen atoms in total. The van der Waals surface area contributed by atoms with Crippen molar-refractivity contribution >= 4 is 0 Å². The van der Waals surface area contributed by atoms with E-state index in [-0.39, 0.29) is 11.3 Å². The third-order valence-electron chi connectivity index (χ3n) is 3.71.